The molecule has 1 aliphatic rings. The number of carbonyl (C=O) groups excluding carboxylic acids is 1. The van der Waals surface area contributed by atoms with Crippen molar-refractivity contribution in [3.8, 4) is 0 Å². The van der Waals surface area contributed by atoms with Crippen molar-refractivity contribution in [2.24, 2.45) is 0 Å². The molecule has 4 nitrogen and oxygen atoms in total. The van der Waals surface area contributed by atoms with Gasteiger partial charge >= 0.3 is 0 Å². The van der Waals surface area contributed by atoms with Gasteiger partial charge in [0.1, 0.15) is 17.7 Å². The molecule has 1 atom stereocenters. The van der Waals surface area contributed by atoms with Crippen molar-refractivity contribution < 1.29 is 23.0 Å². The molecule has 1 amide bonds. The van der Waals surface area contributed by atoms with Crippen LogP contribution < -0.4 is 5.32 Å². The molecule has 1 fully saturated rings. The molecule has 1 aromatic rings. The molecule has 1 aromatic carbocycles. The van der Waals surface area contributed by atoms with E-state index in [4.69, 9.17) is 9.47 Å². The van der Waals surface area contributed by atoms with E-state index in [0.717, 1.165) is 12.1 Å². The lowest BCUT2D eigenvalue weighted by atomic mass is 10.2. The van der Waals surface area contributed by atoms with Crippen molar-refractivity contribution in [2.45, 2.75) is 25.7 Å². The fraction of sp³-hybridized carbons (Fsp3) is 0.462. The van der Waals surface area contributed by atoms with Gasteiger partial charge in [-0.2, -0.15) is 0 Å². The van der Waals surface area contributed by atoms with Gasteiger partial charge in [-0.25, -0.2) is 8.78 Å². The van der Waals surface area contributed by atoms with Gasteiger partial charge in [-0.3, -0.25) is 4.79 Å². The highest BCUT2D eigenvalue weighted by Gasteiger charge is 2.32. The van der Waals surface area contributed by atoms with Crippen LogP contribution in [0.15, 0.2) is 18.2 Å². The van der Waals surface area contributed by atoms with Gasteiger partial charge in [0.2, 0.25) is 0 Å². The van der Waals surface area contributed by atoms with Crippen LogP contribution in [0.2, 0.25) is 0 Å². The Bertz CT molecular complexity index is 471. The number of rotatable bonds is 3. The second kappa shape index (κ2) is 5.22. The minimum atomic E-state index is -0.785. The van der Waals surface area contributed by atoms with Crippen LogP contribution in [-0.2, 0) is 9.47 Å². The maximum absolute atomic E-state index is 13.0. The molecule has 104 valence electrons. The number of halogens is 2. The summed E-state index contributed by atoms with van der Waals surface area (Å²) in [5.74, 6) is -2.79. The van der Waals surface area contributed by atoms with Crippen LogP contribution in [0, 0.1) is 11.6 Å². The van der Waals surface area contributed by atoms with E-state index >= 15 is 0 Å². The average Bonchev–Trinajstić information content (AvgIpc) is 2.64. The summed E-state index contributed by atoms with van der Waals surface area (Å²) < 4.78 is 36.8. The van der Waals surface area contributed by atoms with Crippen molar-refractivity contribution in [1.82, 2.24) is 5.32 Å². The Labute approximate surface area is 109 Å². The van der Waals surface area contributed by atoms with Gasteiger partial charge in [0, 0.05) is 18.2 Å². The van der Waals surface area contributed by atoms with Gasteiger partial charge in [0.05, 0.1) is 6.61 Å². The van der Waals surface area contributed by atoms with Crippen molar-refractivity contribution >= 4 is 5.91 Å². The van der Waals surface area contributed by atoms with Gasteiger partial charge in [0.15, 0.2) is 5.79 Å². The van der Waals surface area contributed by atoms with Crippen LogP contribution in [0.1, 0.15) is 24.2 Å². The zero-order chi connectivity index (χ0) is 14.0. The number of amides is 1. The van der Waals surface area contributed by atoms with Gasteiger partial charge in [-0.05, 0) is 26.0 Å². The molecule has 0 bridgehead atoms. The first kappa shape index (κ1) is 13.9. The number of nitrogens with one attached hydrogen (secondary N) is 1. The summed E-state index contributed by atoms with van der Waals surface area (Å²) in [5, 5.41) is 2.56. The highest BCUT2D eigenvalue weighted by molar-refractivity contribution is 5.94. The largest absolute Gasteiger partial charge is 0.349 e. The third-order valence-corrected chi connectivity index (χ3v) is 2.68. The standard InChI is InChI=1S/C13H15F2NO3/c1-13(2)18-7-11(19-13)6-16-12(17)8-3-9(14)5-10(15)4-8/h3-5,11H,6-7H2,1-2H3,(H,16,17). The summed E-state index contributed by atoms with van der Waals surface area (Å²) in [4.78, 5) is 11.7. The monoisotopic (exact) mass is 271 g/mol. The first-order chi connectivity index (χ1) is 8.85. The molecule has 0 radical (unpaired) electrons. The van der Waals surface area contributed by atoms with E-state index in [9.17, 15) is 13.6 Å². The van der Waals surface area contributed by atoms with Crippen LogP contribution in [-0.4, -0.2) is 30.9 Å². The fourth-order valence-corrected chi connectivity index (χ4v) is 1.86. The summed E-state index contributed by atoms with van der Waals surface area (Å²) in [7, 11) is 0. The second-order valence-corrected chi connectivity index (χ2v) is 4.82. The molecule has 1 aliphatic heterocycles. The number of hydrogen-bond acceptors (Lipinski definition) is 3. The van der Waals surface area contributed by atoms with Crippen LogP contribution in [0.4, 0.5) is 8.78 Å². The zero-order valence-corrected chi connectivity index (χ0v) is 10.7. The highest BCUT2D eigenvalue weighted by Crippen LogP contribution is 2.21. The zero-order valence-electron chi connectivity index (χ0n) is 10.7. The SMILES string of the molecule is CC1(C)OCC(CNC(=O)c2cc(F)cc(F)c2)O1. The molecule has 0 aliphatic carbocycles. The minimum absolute atomic E-state index is 0.0596. The molecule has 0 spiro atoms. The first-order valence-corrected chi connectivity index (χ1v) is 5.92. The molecule has 19 heavy (non-hydrogen) atoms. The van der Waals surface area contributed by atoms with Gasteiger partial charge in [-0.1, -0.05) is 0 Å². The summed E-state index contributed by atoms with van der Waals surface area (Å²) in [6, 6.07) is 2.68. The smallest absolute Gasteiger partial charge is 0.251 e. The Morgan fingerprint density at radius 1 is 1.37 bits per heavy atom. The predicted octanol–water partition coefficient (Wildman–Crippen LogP) is 1.85. The summed E-state index contributed by atoms with van der Waals surface area (Å²) in [6.07, 6.45) is -0.266. The summed E-state index contributed by atoms with van der Waals surface area (Å²) >= 11 is 0. The molecule has 0 saturated carbocycles. The average molecular weight is 271 g/mol. The molecule has 1 saturated heterocycles. The van der Waals surface area contributed by atoms with Gasteiger partial charge < -0.3 is 14.8 Å². The molecule has 2 rings (SSSR count). The van der Waals surface area contributed by atoms with Crippen LogP contribution in [0.3, 0.4) is 0 Å². The van der Waals surface area contributed by atoms with Crippen molar-refractivity contribution in [2.75, 3.05) is 13.2 Å². The number of hydrogen-bond donors (Lipinski definition) is 1. The highest BCUT2D eigenvalue weighted by atomic mass is 19.1. The third-order valence-electron chi connectivity index (χ3n) is 2.68. The molecule has 1 unspecified atom stereocenters. The van der Waals surface area contributed by atoms with Gasteiger partial charge in [0.25, 0.3) is 5.91 Å². The Balaban J connectivity index is 1.91. The molecule has 1 heterocycles. The molecular weight excluding hydrogens is 256 g/mol. The fourth-order valence-electron chi connectivity index (χ4n) is 1.86. The van der Waals surface area contributed by atoms with Gasteiger partial charge in [-0.15, -0.1) is 0 Å². The number of benzene rings is 1. The maximum atomic E-state index is 13.0. The molecule has 6 heteroatoms. The van der Waals surface area contributed by atoms with Crippen molar-refractivity contribution in [3.05, 3.63) is 35.4 Å². The molecule has 1 N–H and O–H groups in total. The van der Waals surface area contributed by atoms with Crippen molar-refractivity contribution in [3.63, 3.8) is 0 Å². The Morgan fingerprint density at radius 2 is 2.00 bits per heavy atom. The van der Waals surface area contributed by atoms with Crippen LogP contribution in [0.5, 0.6) is 0 Å². The summed E-state index contributed by atoms with van der Waals surface area (Å²) in [5.41, 5.74) is -0.0596. The lowest BCUT2D eigenvalue weighted by Gasteiger charge is -2.17. The topological polar surface area (TPSA) is 47.6 Å². The van der Waals surface area contributed by atoms with E-state index in [0.29, 0.717) is 12.7 Å². The quantitative estimate of drug-likeness (QED) is 0.912. The van der Waals surface area contributed by atoms with E-state index < -0.39 is 23.3 Å². The third kappa shape index (κ3) is 3.71. The van der Waals surface area contributed by atoms with E-state index in [1.54, 1.807) is 13.8 Å². The summed E-state index contributed by atoms with van der Waals surface area (Å²) in [6.45, 7) is 4.14. The van der Waals surface area contributed by atoms with E-state index in [2.05, 4.69) is 5.32 Å². The van der Waals surface area contributed by atoms with Crippen LogP contribution >= 0.6 is 0 Å². The lowest BCUT2D eigenvalue weighted by molar-refractivity contribution is -0.137. The van der Waals surface area contributed by atoms with E-state index in [1.807, 2.05) is 0 Å². The Kier molecular flexibility index (Phi) is 3.82. The maximum Gasteiger partial charge on any atom is 0.251 e. The van der Waals surface area contributed by atoms with Crippen molar-refractivity contribution in [1.29, 1.82) is 0 Å². The number of carbonyl (C=O) groups is 1. The minimum Gasteiger partial charge on any atom is -0.349 e. The Morgan fingerprint density at radius 3 is 2.53 bits per heavy atom. The predicted molar refractivity (Wildman–Crippen MR) is 63.6 cm³/mol. The number of ether oxygens (including phenoxy) is 2. The second-order valence-electron chi connectivity index (χ2n) is 4.82. The van der Waals surface area contributed by atoms with E-state index in [-0.39, 0.29) is 18.2 Å². The Hall–Kier alpha value is -1.53. The molecular formula is C13H15F2NO3. The normalized spacial score (nSPS) is 21.4. The first-order valence-electron chi connectivity index (χ1n) is 5.92. The van der Waals surface area contributed by atoms with Crippen LogP contribution in [0.25, 0.3) is 0 Å². The molecule has 0 aromatic heterocycles. The lowest BCUT2D eigenvalue weighted by Crippen LogP contribution is -2.34. The van der Waals surface area contributed by atoms with E-state index in [1.165, 1.54) is 0 Å².